The molecule has 5 nitrogen and oxygen atoms in total. The van der Waals surface area contributed by atoms with Crippen LogP contribution in [0.4, 0.5) is 5.82 Å². The molecule has 1 aromatic rings. The van der Waals surface area contributed by atoms with Crippen molar-refractivity contribution in [2.45, 2.75) is 39.2 Å². The van der Waals surface area contributed by atoms with E-state index in [4.69, 9.17) is 10.5 Å². The van der Waals surface area contributed by atoms with Crippen LogP contribution >= 0.6 is 15.9 Å². The van der Waals surface area contributed by atoms with Gasteiger partial charge in [-0.05, 0) is 35.7 Å². The number of esters is 1. The van der Waals surface area contributed by atoms with Gasteiger partial charge >= 0.3 is 5.97 Å². The van der Waals surface area contributed by atoms with Crippen LogP contribution in [0.25, 0.3) is 0 Å². The lowest BCUT2D eigenvalue weighted by Gasteiger charge is -2.02. The van der Waals surface area contributed by atoms with Crippen molar-refractivity contribution in [2.24, 2.45) is 0 Å². The maximum absolute atomic E-state index is 11.1. The van der Waals surface area contributed by atoms with Crippen LogP contribution in [0.2, 0.25) is 0 Å². The molecule has 96 valence electrons. The first-order valence-electron chi connectivity index (χ1n) is 5.77. The molecule has 6 heteroatoms. The average Bonchev–Trinajstić information content (AvgIpc) is 2.58. The third kappa shape index (κ3) is 5.21. The fraction of sp³-hybridized carbons (Fsp3) is 0.636. The van der Waals surface area contributed by atoms with Crippen LogP contribution in [0, 0.1) is 0 Å². The third-order valence-corrected chi connectivity index (χ3v) is 2.93. The molecule has 2 N–H and O–H groups in total. The van der Waals surface area contributed by atoms with Crippen LogP contribution in [-0.4, -0.2) is 22.4 Å². The lowest BCUT2D eigenvalue weighted by atomic mass is 10.2. The van der Waals surface area contributed by atoms with Crippen LogP contribution in [0.3, 0.4) is 0 Å². The lowest BCUT2D eigenvalue weighted by molar-refractivity contribution is -0.143. The Morgan fingerprint density at radius 1 is 1.53 bits per heavy atom. The Hall–Kier alpha value is -1.04. The summed E-state index contributed by atoms with van der Waals surface area (Å²) in [4.78, 5) is 11.1. The summed E-state index contributed by atoms with van der Waals surface area (Å²) in [6.07, 6.45) is 5.18. The summed E-state index contributed by atoms with van der Waals surface area (Å²) in [6, 6.07) is 0. The van der Waals surface area contributed by atoms with E-state index in [1.54, 1.807) is 0 Å². The Balaban J connectivity index is 2.10. The molecule has 0 unspecified atom stereocenters. The van der Waals surface area contributed by atoms with Crippen LogP contribution in [0.15, 0.2) is 10.7 Å². The zero-order valence-electron chi connectivity index (χ0n) is 9.99. The third-order valence-electron chi connectivity index (χ3n) is 2.32. The number of nitrogen functional groups attached to an aromatic ring is 1. The molecule has 17 heavy (non-hydrogen) atoms. The quantitative estimate of drug-likeness (QED) is 0.620. The van der Waals surface area contributed by atoms with E-state index in [-0.39, 0.29) is 5.97 Å². The first-order chi connectivity index (χ1) is 8.13. The summed E-state index contributed by atoms with van der Waals surface area (Å²) in [5, 5.41) is 4.13. The Morgan fingerprint density at radius 3 is 2.88 bits per heavy atom. The lowest BCUT2D eigenvalue weighted by Crippen LogP contribution is -2.04. The normalized spacial score (nSPS) is 10.5. The van der Waals surface area contributed by atoms with E-state index in [1.165, 1.54) is 0 Å². The van der Waals surface area contributed by atoms with Gasteiger partial charge in [-0.2, -0.15) is 5.10 Å². The number of ether oxygens (including phenoxy) is 1. The smallest absolute Gasteiger partial charge is 0.305 e. The van der Waals surface area contributed by atoms with Gasteiger partial charge in [-0.1, -0.05) is 6.42 Å². The van der Waals surface area contributed by atoms with Crippen LogP contribution in [-0.2, 0) is 16.1 Å². The minimum absolute atomic E-state index is 0.112. The topological polar surface area (TPSA) is 70.1 Å². The number of carbonyl (C=O) groups excluding carboxylic acids is 1. The van der Waals surface area contributed by atoms with E-state index < -0.39 is 0 Å². The SMILES string of the molecule is CCOC(=O)CCCCCn1cc(Br)c(N)n1. The Labute approximate surface area is 109 Å². The fourth-order valence-corrected chi connectivity index (χ4v) is 1.80. The van der Waals surface area contributed by atoms with Crippen LogP contribution in [0.1, 0.15) is 32.6 Å². The summed E-state index contributed by atoms with van der Waals surface area (Å²) < 4.78 is 7.48. The van der Waals surface area contributed by atoms with Gasteiger partial charge in [0.15, 0.2) is 5.82 Å². The molecule has 0 saturated heterocycles. The predicted octanol–water partition coefficient (Wildman–Crippen LogP) is 2.35. The number of rotatable bonds is 7. The van der Waals surface area contributed by atoms with Gasteiger partial charge in [0.2, 0.25) is 0 Å². The van der Waals surface area contributed by atoms with Crippen molar-refractivity contribution < 1.29 is 9.53 Å². The highest BCUT2D eigenvalue weighted by Crippen LogP contribution is 2.16. The average molecular weight is 304 g/mol. The van der Waals surface area contributed by atoms with Crippen molar-refractivity contribution in [3.63, 3.8) is 0 Å². The summed E-state index contributed by atoms with van der Waals surface area (Å²) in [7, 11) is 0. The predicted molar refractivity (Wildman–Crippen MR) is 69.4 cm³/mol. The number of hydrogen-bond acceptors (Lipinski definition) is 4. The summed E-state index contributed by atoms with van der Waals surface area (Å²) >= 11 is 3.31. The standard InChI is InChI=1S/C11H18BrN3O2/c1-2-17-10(16)6-4-3-5-7-15-8-9(12)11(13)14-15/h8H,2-7H2,1H3,(H2,13,14). The minimum atomic E-state index is -0.112. The van der Waals surface area contributed by atoms with Gasteiger partial charge in [0.1, 0.15) is 0 Å². The van der Waals surface area contributed by atoms with Gasteiger partial charge in [-0.15, -0.1) is 0 Å². The number of nitrogens with zero attached hydrogens (tertiary/aromatic N) is 2. The Morgan fingerprint density at radius 2 is 2.29 bits per heavy atom. The van der Waals surface area contributed by atoms with E-state index in [0.717, 1.165) is 30.3 Å². The van der Waals surface area contributed by atoms with E-state index >= 15 is 0 Å². The zero-order chi connectivity index (χ0) is 12.7. The van der Waals surface area contributed by atoms with E-state index in [9.17, 15) is 4.79 Å². The molecule has 0 spiro atoms. The van der Waals surface area contributed by atoms with Gasteiger partial charge in [0.25, 0.3) is 0 Å². The Kier molecular flexibility index (Phi) is 6.04. The maximum atomic E-state index is 11.1. The second-order valence-corrected chi connectivity index (χ2v) is 4.60. The molecule has 0 radical (unpaired) electrons. The monoisotopic (exact) mass is 303 g/mol. The van der Waals surface area contributed by atoms with Crippen molar-refractivity contribution >= 4 is 27.7 Å². The molecule has 0 aromatic carbocycles. The number of nitrogens with two attached hydrogens (primary N) is 1. The largest absolute Gasteiger partial charge is 0.466 e. The minimum Gasteiger partial charge on any atom is -0.466 e. The van der Waals surface area contributed by atoms with E-state index in [2.05, 4.69) is 21.0 Å². The van der Waals surface area contributed by atoms with Crippen LogP contribution < -0.4 is 5.73 Å². The zero-order valence-corrected chi connectivity index (χ0v) is 11.6. The van der Waals surface area contributed by atoms with Gasteiger partial charge in [-0.25, -0.2) is 0 Å². The van der Waals surface area contributed by atoms with Crippen molar-refractivity contribution in [1.29, 1.82) is 0 Å². The number of carbonyl (C=O) groups is 1. The molecule has 0 amide bonds. The molecule has 1 aromatic heterocycles. The van der Waals surface area contributed by atoms with Gasteiger partial charge in [0, 0.05) is 19.2 Å². The highest BCUT2D eigenvalue weighted by atomic mass is 79.9. The van der Waals surface area contributed by atoms with Gasteiger partial charge in [-0.3, -0.25) is 9.48 Å². The molecule has 1 heterocycles. The molecule has 0 aliphatic heterocycles. The second-order valence-electron chi connectivity index (χ2n) is 3.74. The molecular weight excluding hydrogens is 286 g/mol. The van der Waals surface area contributed by atoms with Crippen molar-refractivity contribution in [2.75, 3.05) is 12.3 Å². The number of halogens is 1. The molecule has 0 atom stereocenters. The molecule has 1 rings (SSSR count). The first kappa shape index (κ1) is 14.0. The van der Waals surface area contributed by atoms with Crippen molar-refractivity contribution in [3.05, 3.63) is 10.7 Å². The first-order valence-corrected chi connectivity index (χ1v) is 6.56. The highest BCUT2D eigenvalue weighted by Gasteiger charge is 2.03. The van der Waals surface area contributed by atoms with Crippen molar-refractivity contribution in [1.82, 2.24) is 9.78 Å². The number of aromatic nitrogens is 2. The molecular formula is C11H18BrN3O2. The number of aryl methyl sites for hydroxylation is 1. The maximum Gasteiger partial charge on any atom is 0.305 e. The number of hydrogen-bond donors (Lipinski definition) is 1. The number of anilines is 1. The molecule has 0 fully saturated rings. The van der Waals surface area contributed by atoms with Gasteiger partial charge in [0.05, 0.1) is 11.1 Å². The summed E-state index contributed by atoms with van der Waals surface area (Å²) in [5.41, 5.74) is 5.60. The highest BCUT2D eigenvalue weighted by molar-refractivity contribution is 9.10. The summed E-state index contributed by atoms with van der Waals surface area (Å²) in [6.45, 7) is 3.09. The van der Waals surface area contributed by atoms with Crippen LogP contribution in [0.5, 0.6) is 0 Å². The molecule has 0 bridgehead atoms. The fourth-order valence-electron chi connectivity index (χ4n) is 1.48. The molecule has 0 aliphatic carbocycles. The van der Waals surface area contributed by atoms with E-state index in [1.807, 2.05) is 17.8 Å². The van der Waals surface area contributed by atoms with Crippen molar-refractivity contribution in [3.8, 4) is 0 Å². The van der Waals surface area contributed by atoms with E-state index in [0.29, 0.717) is 18.8 Å². The van der Waals surface area contributed by atoms with Gasteiger partial charge < -0.3 is 10.5 Å². The number of unbranched alkanes of at least 4 members (excludes halogenated alkanes) is 2. The second kappa shape index (κ2) is 7.32. The molecule has 0 aliphatic rings. The molecule has 0 saturated carbocycles. The Bertz CT molecular complexity index is 346. The summed E-state index contributed by atoms with van der Waals surface area (Å²) in [5.74, 6) is 0.398.